The van der Waals surface area contributed by atoms with Crippen LogP contribution in [0.3, 0.4) is 0 Å². The second kappa shape index (κ2) is 15.4. The molecular weight excluding hydrogens is 587 g/mol. The molecule has 1 fully saturated rings. The predicted octanol–water partition coefficient (Wildman–Crippen LogP) is 5.71. The standard InChI is InChI=1S/C36H41FN4O5/c1-3-5-7-8-12-20-40-31-16-13-19-39(31)36(44)32-34(46-25-26-14-10-9-11-15-26)33(42)29(24-41(32)40)35(43)38-23-27-17-18-28(37)22-30(27)45-21-6-4-2/h3-4,9-11,14-15,17-18,22,24,31H,1-2,5-8,12-13,16,19-21,23,25H2,(H,38,43)/t31-/m1/s1. The maximum atomic E-state index is 14.0. The van der Waals surface area contributed by atoms with E-state index in [-0.39, 0.29) is 42.2 Å². The highest BCUT2D eigenvalue weighted by Crippen LogP contribution is 2.32. The van der Waals surface area contributed by atoms with Gasteiger partial charge < -0.3 is 19.7 Å². The van der Waals surface area contributed by atoms with E-state index in [1.54, 1.807) is 15.7 Å². The molecule has 9 nitrogen and oxygen atoms in total. The van der Waals surface area contributed by atoms with Crippen LogP contribution in [0.4, 0.5) is 4.39 Å². The smallest absolute Gasteiger partial charge is 0.278 e. The minimum atomic E-state index is -0.668. The van der Waals surface area contributed by atoms with Gasteiger partial charge in [0.2, 0.25) is 5.43 Å². The van der Waals surface area contributed by atoms with Gasteiger partial charge in [-0.1, -0.05) is 55.0 Å². The summed E-state index contributed by atoms with van der Waals surface area (Å²) < 4.78 is 27.5. The SMILES string of the molecule is C=CCCCCCN1[C@@H]2CCCN2C(=O)c2c(OCc3ccccc3)c(=O)c(C(=O)NCc3ccc(F)cc3OCCC=C)cn21. The molecule has 1 N–H and O–H groups in total. The van der Waals surface area contributed by atoms with Crippen LogP contribution in [0.15, 0.2) is 84.8 Å². The van der Waals surface area contributed by atoms with Crippen molar-refractivity contribution in [3.8, 4) is 11.5 Å². The molecule has 2 aliphatic rings. The van der Waals surface area contributed by atoms with Crippen molar-refractivity contribution in [3.63, 3.8) is 0 Å². The van der Waals surface area contributed by atoms with Crippen LogP contribution in [0.5, 0.6) is 11.5 Å². The summed E-state index contributed by atoms with van der Waals surface area (Å²) in [6.07, 6.45) is 10.8. The molecule has 0 radical (unpaired) electrons. The van der Waals surface area contributed by atoms with Crippen LogP contribution in [0, 0.1) is 5.82 Å². The van der Waals surface area contributed by atoms with Crippen LogP contribution in [-0.4, -0.2) is 47.3 Å². The lowest BCUT2D eigenvalue weighted by atomic mass is 10.1. The Morgan fingerprint density at radius 1 is 1.02 bits per heavy atom. The number of aromatic nitrogens is 1. The zero-order valence-electron chi connectivity index (χ0n) is 26.1. The number of hydrogen-bond acceptors (Lipinski definition) is 6. The third kappa shape index (κ3) is 7.33. The normalized spacial score (nSPS) is 15.2. The maximum Gasteiger partial charge on any atom is 0.278 e. The Morgan fingerprint density at radius 2 is 1.83 bits per heavy atom. The number of unbranched alkanes of at least 4 members (excludes halogenated alkanes) is 3. The van der Waals surface area contributed by atoms with E-state index in [2.05, 4.69) is 23.5 Å². The highest BCUT2D eigenvalue weighted by molar-refractivity contribution is 5.99. The first-order valence-electron chi connectivity index (χ1n) is 15.9. The Labute approximate surface area is 268 Å². The molecule has 0 aliphatic carbocycles. The molecule has 1 aromatic heterocycles. The molecule has 2 amide bonds. The average Bonchev–Trinajstić information content (AvgIpc) is 3.56. The highest BCUT2D eigenvalue weighted by atomic mass is 19.1. The van der Waals surface area contributed by atoms with E-state index in [1.807, 2.05) is 36.4 Å². The predicted molar refractivity (Wildman–Crippen MR) is 175 cm³/mol. The topological polar surface area (TPSA) is 93.1 Å². The number of carbonyl (C=O) groups excluding carboxylic acids is 2. The summed E-state index contributed by atoms with van der Waals surface area (Å²) in [7, 11) is 0. The van der Waals surface area contributed by atoms with Gasteiger partial charge in [-0.05, 0) is 50.2 Å². The molecule has 3 aromatic rings. The van der Waals surface area contributed by atoms with E-state index in [0.717, 1.165) is 44.1 Å². The summed E-state index contributed by atoms with van der Waals surface area (Å²) in [4.78, 5) is 43.4. The van der Waals surface area contributed by atoms with Crippen molar-refractivity contribution in [2.24, 2.45) is 0 Å². The summed E-state index contributed by atoms with van der Waals surface area (Å²) in [6.45, 7) is 9.03. The molecule has 0 unspecified atom stereocenters. The number of fused-ring (bicyclic) bond motifs is 2. The van der Waals surface area contributed by atoms with Gasteiger partial charge in [0.25, 0.3) is 11.8 Å². The number of halogens is 1. The van der Waals surface area contributed by atoms with Gasteiger partial charge in [-0.3, -0.25) is 24.1 Å². The minimum absolute atomic E-state index is 0.00765. The summed E-state index contributed by atoms with van der Waals surface area (Å²) in [5, 5.41) is 4.88. The van der Waals surface area contributed by atoms with Crippen LogP contribution >= 0.6 is 0 Å². The second-order valence-electron chi connectivity index (χ2n) is 11.5. The zero-order valence-corrected chi connectivity index (χ0v) is 26.1. The van der Waals surface area contributed by atoms with Crippen LogP contribution in [0.25, 0.3) is 0 Å². The molecule has 2 aliphatic heterocycles. The van der Waals surface area contributed by atoms with Gasteiger partial charge >= 0.3 is 0 Å². The molecule has 10 heteroatoms. The third-order valence-electron chi connectivity index (χ3n) is 8.27. The van der Waals surface area contributed by atoms with E-state index < -0.39 is 17.2 Å². The number of carbonyl (C=O) groups is 2. The monoisotopic (exact) mass is 628 g/mol. The molecule has 0 bridgehead atoms. The lowest BCUT2D eigenvalue weighted by molar-refractivity contribution is 0.0640. The molecular formula is C36H41FN4O5. The van der Waals surface area contributed by atoms with Crippen LogP contribution in [0.2, 0.25) is 0 Å². The molecule has 1 saturated heterocycles. The average molecular weight is 629 g/mol. The van der Waals surface area contributed by atoms with Gasteiger partial charge in [0, 0.05) is 37.5 Å². The number of pyridine rings is 1. The van der Waals surface area contributed by atoms with Gasteiger partial charge in [0.15, 0.2) is 11.4 Å². The largest absolute Gasteiger partial charge is 0.493 e. The highest BCUT2D eigenvalue weighted by Gasteiger charge is 2.43. The van der Waals surface area contributed by atoms with E-state index in [0.29, 0.717) is 37.4 Å². The van der Waals surface area contributed by atoms with Crippen molar-refractivity contribution in [2.45, 2.75) is 64.3 Å². The van der Waals surface area contributed by atoms with Gasteiger partial charge in [-0.15, -0.1) is 13.2 Å². The summed E-state index contributed by atoms with van der Waals surface area (Å²) in [6, 6.07) is 13.4. The Morgan fingerprint density at radius 3 is 2.61 bits per heavy atom. The first kappa shape index (κ1) is 32.5. The fraction of sp³-hybridized carbons (Fsp3) is 0.361. The molecule has 0 saturated carbocycles. The lowest BCUT2D eigenvalue weighted by Gasteiger charge is -2.44. The molecule has 1 atom stereocenters. The Balaban J connectivity index is 1.49. The molecule has 2 aromatic carbocycles. The van der Waals surface area contributed by atoms with Crippen LogP contribution in [0.1, 0.15) is 76.9 Å². The summed E-state index contributed by atoms with van der Waals surface area (Å²) in [5.74, 6) is -1.25. The van der Waals surface area contributed by atoms with Gasteiger partial charge in [-0.25, -0.2) is 4.39 Å². The maximum absolute atomic E-state index is 14.0. The molecule has 46 heavy (non-hydrogen) atoms. The summed E-state index contributed by atoms with van der Waals surface area (Å²) in [5.41, 5.74) is 0.669. The summed E-state index contributed by atoms with van der Waals surface area (Å²) >= 11 is 0. The van der Waals surface area contributed by atoms with Gasteiger partial charge in [0.05, 0.1) is 6.61 Å². The Hall–Kier alpha value is -4.86. The quantitative estimate of drug-likeness (QED) is 0.161. The molecule has 0 spiro atoms. The van der Waals surface area contributed by atoms with Crippen LogP contribution < -0.4 is 25.2 Å². The van der Waals surface area contributed by atoms with Crippen LogP contribution in [-0.2, 0) is 13.2 Å². The van der Waals surface area contributed by atoms with E-state index in [9.17, 15) is 18.8 Å². The fourth-order valence-corrected chi connectivity index (χ4v) is 5.91. The number of hydrogen-bond donors (Lipinski definition) is 1. The zero-order chi connectivity index (χ0) is 32.5. The van der Waals surface area contributed by atoms with Gasteiger partial charge in [0.1, 0.15) is 29.9 Å². The Bertz CT molecular complexity index is 1620. The molecule has 242 valence electrons. The molecule has 3 heterocycles. The molecule has 5 rings (SSSR count). The lowest BCUT2D eigenvalue weighted by Crippen LogP contribution is -2.59. The number of nitrogens with one attached hydrogen (secondary N) is 1. The number of nitrogens with zero attached hydrogens (tertiary/aromatic N) is 3. The number of amides is 2. The minimum Gasteiger partial charge on any atom is -0.493 e. The number of benzene rings is 2. The Kier molecular flexibility index (Phi) is 10.9. The third-order valence-corrected chi connectivity index (χ3v) is 8.27. The van der Waals surface area contributed by atoms with E-state index >= 15 is 0 Å². The van der Waals surface area contributed by atoms with Crippen molar-refractivity contribution in [1.82, 2.24) is 14.9 Å². The number of allylic oxidation sites excluding steroid dienone is 1. The van der Waals surface area contributed by atoms with Crippen molar-refractivity contribution >= 4 is 11.8 Å². The van der Waals surface area contributed by atoms with E-state index in [1.165, 1.54) is 24.4 Å². The van der Waals surface area contributed by atoms with Crippen molar-refractivity contribution in [1.29, 1.82) is 0 Å². The number of ether oxygens (including phenoxy) is 2. The second-order valence-corrected chi connectivity index (χ2v) is 11.5. The van der Waals surface area contributed by atoms with Crippen molar-refractivity contribution in [3.05, 3.63) is 118 Å². The van der Waals surface area contributed by atoms with E-state index in [4.69, 9.17) is 9.47 Å². The first-order chi connectivity index (χ1) is 22.4. The first-order valence-corrected chi connectivity index (χ1v) is 15.9. The van der Waals surface area contributed by atoms with Crippen molar-refractivity contribution < 1.29 is 23.5 Å². The number of rotatable bonds is 16. The fourth-order valence-electron chi connectivity index (χ4n) is 5.91. The van der Waals surface area contributed by atoms with Gasteiger partial charge in [-0.2, -0.15) is 0 Å². The van der Waals surface area contributed by atoms with Crippen molar-refractivity contribution in [2.75, 3.05) is 24.7 Å².